The summed E-state index contributed by atoms with van der Waals surface area (Å²) < 4.78 is 36.4. The topological polar surface area (TPSA) is 68.9 Å². The number of hydrogen-bond acceptors (Lipinski definition) is 4. The van der Waals surface area contributed by atoms with Crippen LogP contribution in [0.1, 0.15) is 5.69 Å². The van der Waals surface area contributed by atoms with E-state index in [2.05, 4.69) is 9.97 Å². The Morgan fingerprint density at radius 3 is 2.36 bits per heavy atom. The number of rotatable bonds is 1. The summed E-state index contributed by atoms with van der Waals surface area (Å²) in [4.78, 5) is 14.8. The van der Waals surface area contributed by atoms with Crippen LogP contribution < -0.4 is 0 Å². The van der Waals surface area contributed by atoms with Crippen LogP contribution >= 0.6 is 11.6 Å². The van der Waals surface area contributed by atoms with Gasteiger partial charge in [-0.25, -0.2) is 9.97 Å². The summed E-state index contributed by atoms with van der Waals surface area (Å²) in [5.74, 6) is 0. The van der Waals surface area contributed by atoms with Crippen LogP contribution in [0.15, 0.2) is 6.33 Å². The largest absolute Gasteiger partial charge is 0.440 e. The molecule has 0 radical (unpaired) electrons. The minimum atomic E-state index is -4.92. The number of nitrogens with zero attached hydrogens (tertiary/aromatic N) is 3. The Balaban J connectivity index is 3.44. The molecule has 1 aromatic heterocycles. The molecule has 0 fully saturated rings. The van der Waals surface area contributed by atoms with Crippen LogP contribution in [0.5, 0.6) is 0 Å². The van der Waals surface area contributed by atoms with Gasteiger partial charge in [-0.1, -0.05) is 11.6 Å². The predicted molar refractivity (Wildman–Crippen MR) is 38.7 cm³/mol. The molecule has 0 spiro atoms. The molecule has 0 N–H and O–H groups in total. The van der Waals surface area contributed by atoms with Gasteiger partial charge < -0.3 is 0 Å². The van der Waals surface area contributed by atoms with Crippen molar-refractivity contribution in [2.24, 2.45) is 0 Å². The zero-order valence-corrected chi connectivity index (χ0v) is 7.00. The Morgan fingerprint density at radius 1 is 1.43 bits per heavy atom. The Bertz CT molecular complexity index is 381. The number of aromatic nitrogens is 2. The Kier molecular flexibility index (Phi) is 2.56. The van der Waals surface area contributed by atoms with E-state index in [1.165, 1.54) is 0 Å². The normalized spacial score (nSPS) is 11.4. The van der Waals surface area contributed by atoms with Crippen molar-refractivity contribution >= 4 is 17.3 Å². The summed E-state index contributed by atoms with van der Waals surface area (Å²) >= 11 is 5.14. The third kappa shape index (κ3) is 1.90. The van der Waals surface area contributed by atoms with Crippen LogP contribution in [0.25, 0.3) is 0 Å². The number of hydrogen-bond donors (Lipinski definition) is 0. The van der Waals surface area contributed by atoms with Crippen molar-refractivity contribution in [2.75, 3.05) is 0 Å². The fourth-order valence-corrected chi connectivity index (χ4v) is 0.929. The summed E-state index contributed by atoms with van der Waals surface area (Å²) in [6.07, 6.45) is -4.41. The van der Waals surface area contributed by atoms with Gasteiger partial charge in [-0.3, -0.25) is 10.1 Å². The highest BCUT2D eigenvalue weighted by molar-refractivity contribution is 6.31. The monoisotopic (exact) mass is 227 g/mol. The van der Waals surface area contributed by atoms with E-state index in [1.54, 1.807) is 0 Å². The molecular formula is C5HClF3N3O2. The molecule has 0 saturated heterocycles. The molecule has 0 unspecified atom stereocenters. The van der Waals surface area contributed by atoms with Crippen molar-refractivity contribution in [3.05, 3.63) is 27.3 Å². The second-order valence-electron chi connectivity index (χ2n) is 2.12. The van der Waals surface area contributed by atoms with Crippen LogP contribution in [0, 0.1) is 10.1 Å². The predicted octanol–water partition coefficient (Wildman–Crippen LogP) is 2.06. The third-order valence-electron chi connectivity index (χ3n) is 1.23. The van der Waals surface area contributed by atoms with E-state index in [1.807, 2.05) is 0 Å². The Hall–Kier alpha value is -1.44. The molecular weight excluding hydrogens is 227 g/mol. The molecule has 1 rings (SSSR count). The van der Waals surface area contributed by atoms with Crippen molar-refractivity contribution in [2.45, 2.75) is 6.18 Å². The summed E-state index contributed by atoms with van der Waals surface area (Å²) in [7, 11) is 0. The summed E-state index contributed by atoms with van der Waals surface area (Å²) in [5.41, 5.74) is -2.98. The van der Waals surface area contributed by atoms with Gasteiger partial charge in [-0.2, -0.15) is 13.2 Å². The highest BCUT2D eigenvalue weighted by Gasteiger charge is 2.42. The molecule has 9 heteroatoms. The standard InChI is InChI=1S/C5HClF3N3O2/c6-4-2(12(13)14)3(5(7,8)9)10-1-11-4/h1H. The van der Waals surface area contributed by atoms with Gasteiger partial charge in [0.25, 0.3) is 0 Å². The van der Waals surface area contributed by atoms with Crippen molar-refractivity contribution < 1.29 is 18.1 Å². The second kappa shape index (κ2) is 3.37. The van der Waals surface area contributed by atoms with Crippen LogP contribution in [0.4, 0.5) is 18.9 Å². The van der Waals surface area contributed by atoms with Crippen molar-refractivity contribution in [1.29, 1.82) is 0 Å². The van der Waals surface area contributed by atoms with Crippen LogP contribution in [-0.4, -0.2) is 14.9 Å². The fourth-order valence-electron chi connectivity index (χ4n) is 0.727. The smallest absolute Gasteiger partial charge is 0.258 e. The lowest BCUT2D eigenvalue weighted by atomic mass is 10.3. The van der Waals surface area contributed by atoms with Crippen LogP contribution in [0.3, 0.4) is 0 Å². The lowest BCUT2D eigenvalue weighted by Crippen LogP contribution is -2.12. The average molecular weight is 228 g/mol. The van der Waals surface area contributed by atoms with E-state index in [0.29, 0.717) is 6.33 Å². The lowest BCUT2D eigenvalue weighted by molar-refractivity contribution is -0.388. The van der Waals surface area contributed by atoms with Gasteiger partial charge in [0.1, 0.15) is 6.33 Å². The summed E-state index contributed by atoms with van der Waals surface area (Å²) in [6.45, 7) is 0. The van der Waals surface area contributed by atoms with E-state index in [9.17, 15) is 23.3 Å². The first-order chi connectivity index (χ1) is 6.34. The molecule has 1 heterocycles. The molecule has 0 aliphatic heterocycles. The quantitative estimate of drug-likeness (QED) is 0.418. The molecule has 1 aromatic rings. The van der Waals surface area contributed by atoms with Gasteiger partial charge >= 0.3 is 11.9 Å². The minimum Gasteiger partial charge on any atom is -0.258 e. The van der Waals surface area contributed by atoms with Crippen molar-refractivity contribution in [1.82, 2.24) is 9.97 Å². The van der Waals surface area contributed by atoms with Crippen LogP contribution in [-0.2, 0) is 6.18 Å². The van der Waals surface area contributed by atoms with Gasteiger partial charge in [0.15, 0.2) is 0 Å². The molecule has 14 heavy (non-hydrogen) atoms. The zero-order valence-electron chi connectivity index (χ0n) is 6.25. The lowest BCUT2D eigenvalue weighted by Gasteiger charge is -2.05. The molecule has 0 aliphatic carbocycles. The van der Waals surface area contributed by atoms with Gasteiger partial charge in [0, 0.05) is 0 Å². The van der Waals surface area contributed by atoms with Crippen LogP contribution in [0.2, 0.25) is 5.15 Å². The fraction of sp³-hybridized carbons (Fsp3) is 0.200. The number of nitro groups is 1. The zero-order chi connectivity index (χ0) is 10.9. The highest BCUT2D eigenvalue weighted by Crippen LogP contribution is 2.36. The Labute approximate surface area is 79.7 Å². The van der Waals surface area contributed by atoms with Gasteiger partial charge in [-0.05, 0) is 0 Å². The minimum absolute atomic E-state index is 0.512. The maximum Gasteiger partial charge on any atom is 0.440 e. The molecule has 76 valence electrons. The third-order valence-corrected chi connectivity index (χ3v) is 1.51. The summed E-state index contributed by atoms with van der Waals surface area (Å²) in [5, 5.41) is 9.39. The molecule has 0 amide bonds. The number of alkyl halides is 3. The van der Waals surface area contributed by atoms with Crippen molar-refractivity contribution in [3.63, 3.8) is 0 Å². The first-order valence-electron chi connectivity index (χ1n) is 3.06. The molecule has 0 bridgehead atoms. The molecule has 0 saturated carbocycles. The van der Waals surface area contributed by atoms with Crippen molar-refractivity contribution in [3.8, 4) is 0 Å². The molecule has 0 atom stereocenters. The highest BCUT2D eigenvalue weighted by atomic mass is 35.5. The molecule has 5 nitrogen and oxygen atoms in total. The van der Waals surface area contributed by atoms with E-state index in [0.717, 1.165) is 0 Å². The average Bonchev–Trinajstić information content (AvgIpc) is 2.01. The van der Waals surface area contributed by atoms with E-state index >= 15 is 0 Å². The molecule has 0 aliphatic rings. The van der Waals surface area contributed by atoms with E-state index in [-0.39, 0.29) is 0 Å². The number of halogens is 4. The molecule has 0 aromatic carbocycles. The maximum atomic E-state index is 12.1. The van der Waals surface area contributed by atoms with Gasteiger partial charge in [0.2, 0.25) is 10.8 Å². The first-order valence-corrected chi connectivity index (χ1v) is 3.44. The van der Waals surface area contributed by atoms with Gasteiger partial charge in [-0.15, -0.1) is 0 Å². The summed E-state index contributed by atoms with van der Waals surface area (Å²) in [6, 6.07) is 0. The Morgan fingerprint density at radius 2 is 2.00 bits per heavy atom. The maximum absolute atomic E-state index is 12.1. The first kappa shape index (κ1) is 10.6. The van der Waals surface area contributed by atoms with E-state index in [4.69, 9.17) is 11.6 Å². The second-order valence-corrected chi connectivity index (χ2v) is 2.47. The SMILES string of the molecule is O=[N+]([O-])c1c(Cl)ncnc1C(F)(F)F. The van der Waals surface area contributed by atoms with Gasteiger partial charge in [0.05, 0.1) is 4.92 Å². The van der Waals surface area contributed by atoms with E-state index < -0.39 is 27.6 Å².